The van der Waals surface area contributed by atoms with Crippen LogP contribution in [0.1, 0.15) is 50.0 Å². The van der Waals surface area contributed by atoms with Crippen LogP contribution in [0.15, 0.2) is 78.4 Å². The molecule has 3 heterocycles. The fourth-order valence-corrected chi connectivity index (χ4v) is 5.73. The van der Waals surface area contributed by atoms with Gasteiger partial charge in [0.2, 0.25) is 5.95 Å². The third-order valence-corrected chi connectivity index (χ3v) is 8.40. The number of nitrogens with one attached hydrogen (secondary N) is 1. The lowest BCUT2D eigenvalue weighted by Gasteiger charge is -2.35. The molecular weight excluding hydrogens is 599 g/mol. The van der Waals surface area contributed by atoms with Crippen molar-refractivity contribution in [2.45, 2.75) is 39.4 Å². The molecule has 44 heavy (non-hydrogen) atoms. The van der Waals surface area contributed by atoms with Crippen molar-refractivity contribution in [3.8, 4) is 5.69 Å². The number of carbonyl (C=O) groups is 2. The first-order chi connectivity index (χ1) is 21.1. The lowest BCUT2D eigenvalue weighted by molar-refractivity contribution is 0.0653. The molecule has 0 saturated heterocycles. The molecular formula is C33H32Cl2N6O3. The summed E-state index contributed by atoms with van der Waals surface area (Å²) in [7, 11) is 1.54. The Labute approximate surface area is 265 Å². The van der Waals surface area contributed by atoms with Gasteiger partial charge in [-0.15, -0.1) is 6.58 Å². The summed E-state index contributed by atoms with van der Waals surface area (Å²) in [6, 6.07) is 13.5. The lowest BCUT2D eigenvalue weighted by Crippen LogP contribution is -2.46. The Balaban J connectivity index is 1.66. The molecule has 226 valence electrons. The van der Waals surface area contributed by atoms with Crippen molar-refractivity contribution >= 4 is 41.0 Å². The number of nitrogens with zero attached hydrogens (tertiary/aromatic N) is 5. The van der Waals surface area contributed by atoms with Gasteiger partial charge in [-0.3, -0.25) is 19.4 Å². The summed E-state index contributed by atoms with van der Waals surface area (Å²) < 4.78 is 1.49. The lowest BCUT2D eigenvalue weighted by atomic mass is 9.98. The minimum absolute atomic E-state index is 0.151. The van der Waals surface area contributed by atoms with Crippen molar-refractivity contribution in [3.63, 3.8) is 0 Å². The van der Waals surface area contributed by atoms with Crippen molar-refractivity contribution < 1.29 is 9.59 Å². The third-order valence-electron chi connectivity index (χ3n) is 7.67. The number of carbonyl (C=O) groups excluding carboxylic acids is 2. The number of aryl methyl sites for hydroxylation is 1. The van der Waals surface area contributed by atoms with Crippen LogP contribution in [0.5, 0.6) is 0 Å². The van der Waals surface area contributed by atoms with Gasteiger partial charge < -0.3 is 15.1 Å². The number of aromatic nitrogens is 3. The highest BCUT2D eigenvalue weighted by molar-refractivity contribution is 6.33. The predicted octanol–water partition coefficient (Wildman–Crippen LogP) is 5.38. The highest BCUT2D eigenvalue weighted by Gasteiger charge is 2.33. The normalized spacial score (nSPS) is 14.1. The molecule has 1 N–H and O–H groups in total. The van der Waals surface area contributed by atoms with Crippen LogP contribution in [0, 0.1) is 6.92 Å². The molecule has 4 aromatic rings. The van der Waals surface area contributed by atoms with Gasteiger partial charge in [0, 0.05) is 60.3 Å². The van der Waals surface area contributed by atoms with E-state index in [0.29, 0.717) is 58.6 Å². The van der Waals surface area contributed by atoms with Gasteiger partial charge in [-0.2, -0.15) is 0 Å². The summed E-state index contributed by atoms with van der Waals surface area (Å²) in [5.74, 6) is -0.133. The van der Waals surface area contributed by atoms with Gasteiger partial charge in [0.05, 0.1) is 22.9 Å². The minimum atomic E-state index is -0.297. The Hall–Kier alpha value is -4.47. The molecule has 2 aromatic heterocycles. The molecule has 2 amide bonds. The first kappa shape index (κ1) is 31.0. The van der Waals surface area contributed by atoms with Crippen LogP contribution in [-0.2, 0) is 19.5 Å². The van der Waals surface area contributed by atoms with Crippen molar-refractivity contribution in [1.82, 2.24) is 24.8 Å². The van der Waals surface area contributed by atoms with Gasteiger partial charge in [0.1, 0.15) is 0 Å². The average molecular weight is 632 g/mol. The van der Waals surface area contributed by atoms with E-state index in [-0.39, 0.29) is 35.0 Å². The number of amides is 2. The first-order valence-electron chi connectivity index (χ1n) is 14.1. The zero-order chi connectivity index (χ0) is 31.5. The Kier molecular flexibility index (Phi) is 9.17. The second kappa shape index (κ2) is 13.0. The Morgan fingerprint density at radius 2 is 1.91 bits per heavy atom. The van der Waals surface area contributed by atoms with Crippen molar-refractivity contribution in [3.05, 3.63) is 127 Å². The molecule has 0 saturated carbocycles. The van der Waals surface area contributed by atoms with Gasteiger partial charge in [0.15, 0.2) is 0 Å². The van der Waals surface area contributed by atoms with Crippen LogP contribution in [0.3, 0.4) is 0 Å². The number of hydrogen-bond acceptors (Lipinski definition) is 6. The maximum Gasteiger partial charge on any atom is 0.263 e. The van der Waals surface area contributed by atoms with Crippen LogP contribution >= 0.6 is 23.2 Å². The highest BCUT2D eigenvalue weighted by Crippen LogP contribution is 2.30. The number of halogens is 2. The largest absolute Gasteiger partial charge is 0.355 e. The molecule has 11 heteroatoms. The highest BCUT2D eigenvalue weighted by atomic mass is 35.5. The molecule has 9 nitrogen and oxygen atoms in total. The molecule has 1 aliphatic rings. The van der Waals surface area contributed by atoms with E-state index in [1.165, 1.54) is 17.7 Å². The quantitative estimate of drug-likeness (QED) is 0.262. The number of hydrogen-bond donors (Lipinski definition) is 1. The van der Waals surface area contributed by atoms with Crippen molar-refractivity contribution in [2.75, 3.05) is 18.5 Å². The van der Waals surface area contributed by atoms with Gasteiger partial charge in [-0.05, 0) is 73.9 Å². The molecule has 0 fully saturated rings. The van der Waals surface area contributed by atoms with Gasteiger partial charge in [-0.25, -0.2) is 9.55 Å². The maximum absolute atomic E-state index is 14.4. The van der Waals surface area contributed by atoms with Crippen molar-refractivity contribution in [1.29, 1.82) is 0 Å². The summed E-state index contributed by atoms with van der Waals surface area (Å²) in [6.07, 6.45) is 5.47. The fraction of sp³-hybridized carbons (Fsp3) is 0.242. The number of benzene rings is 2. The van der Waals surface area contributed by atoms with E-state index < -0.39 is 0 Å². The third kappa shape index (κ3) is 6.11. The SMILES string of the molecule is C=CCN(Cc1cccnc1)c1nc2c(c(=O)n1-c1ccc(C(=O)NC)cc1Cl)CC(C)N(C(=O)c1ccc(Cl)c(C)c1)C2. The smallest absolute Gasteiger partial charge is 0.263 e. The zero-order valence-electron chi connectivity index (χ0n) is 24.7. The standard InChI is InChI=1S/C33H32Cl2N6O3/c1-5-13-39(18-22-7-6-12-37-17-22)33-38-28-19-40(31(43)24-8-10-26(34)20(2)14-24)21(3)15-25(28)32(44)41(33)29-11-9-23(16-27(29)35)30(42)36-4/h5-12,14,16-17,21H,1,13,15,18-19H2,2-4H3,(H,36,42). The number of fused-ring (bicyclic) bond motifs is 1. The van der Waals surface area contributed by atoms with Crippen LogP contribution in [0.4, 0.5) is 5.95 Å². The second-order valence-electron chi connectivity index (χ2n) is 10.7. The van der Waals surface area contributed by atoms with E-state index >= 15 is 0 Å². The summed E-state index contributed by atoms with van der Waals surface area (Å²) in [6.45, 7) is 8.58. The summed E-state index contributed by atoms with van der Waals surface area (Å²) >= 11 is 12.9. The molecule has 2 aromatic carbocycles. The topological polar surface area (TPSA) is 100 Å². The number of rotatable bonds is 8. The summed E-state index contributed by atoms with van der Waals surface area (Å²) in [5, 5.41) is 3.39. The summed E-state index contributed by atoms with van der Waals surface area (Å²) in [4.78, 5) is 53.3. The second-order valence-corrected chi connectivity index (χ2v) is 11.5. The van der Waals surface area contributed by atoms with Gasteiger partial charge in [-0.1, -0.05) is 35.3 Å². The molecule has 1 unspecified atom stereocenters. The zero-order valence-corrected chi connectivity index (χ0v) is 26.2. The number of anilines is 1. The van der Waals surface area contributed by atoms with Gasteiger partial charge >= 0.3 is 0 Å². The average Bonchev–Trinajstić information content (AvgIpc) is 3.02. The van der Waals surface area contributed by atoms with E-state index in [4.69, 9.17) is 28.2 Å². The van der Waals surface area contributed by atoms with E-state index in [1.807, 2.05) is 30.9 Å². The number of pyridine rings is 1. The molecule has 1 atom stereocenters. The van der Waals surface area contributed by atoms with Crippen LogP contribution in [0.2, 0.25) is 10.0 Å². The molecule has 5 rings (SSSR count). The van der Waals surface area contributed by atoms with Crippen LogP contribution in [0.25, 0.3) is 5.69 Å². The Bertz CT molecular complexity index is 1810. The van der Waals surface area contributed by atoms with E-state index in [1.54, 1.807) is 53.7 Å². The Morgan fingerprint density at radius 1 is 1.14 bits per heavy atom. The van der Waals surface area contributed by atoms with E-state index in [0.717, 1.165) is 11.1 Å². The van der Waals surface area contributed by atoms with E-state index in [2.05, 4.69) is 16.9 Å². The molecule has 0 radical (unpaired) electrons. The summed E-state index contributed by atoms with van der Waals surface area (Å²) in [5.41, 5.74) is 3.70. The molecule has 0 bridgehead atoms. The maximum atomic E-state index is 14.4. The van der Waals surface area contributed by atoms with Crippen molar-refractivity contribution in [2.24, 2.45) is 0 Å². The first-order valence-corrected chi connectivity index (χ1v) is 14.9. The molecule has 0 aliphatic carbocycles. The molecule has 0 spiro atoms. The fourth-order valence-electron chi connectivity index (χ4n) is 5.35. The van der Waals surface area contributed by atoms with E-state index in [9.17, 15) is 14.4 Å². The van der Waals surface area contributed by atoms with Crippen LogP contribution in [-0.4, -0.2) is 50.9 Å². The van der Waals surface area contributed by atoms with Crippen LogP contribution < -0.4 is 15.8 Å². The predicted molar refractivity (Wildman–Crippen MR) is 173 cm³/mol. The van der Waals surface area contributed by atoms with Gasteiger partial charge in [0.25, 0.3) is 17.4 Å². The molecule has 1 aliphatic heterocycles. The Morgan fingerprint density at radius 3 is 2.57 bits per heavy atom. The monoisotopic (exact) mass is 630 g/mol. The minimum Gasteiger partial charge on any atom is -0.355 e.